The summed E-state index contributed by atoms with van der Waals surface area (Å²) in [5.74, 6) is 2.28. The second-order valence-corrected chi connectivity index (χ2v) is 8.20. The van der Waals surface area contributed by atoms with Crippen LogP contribution >= 0.6 is 0 Å². The van der Waals surface area contributed by atoms with Gasteiger partial charge >= 0.3 is 0 Å². The lowest BCUT2D eigenvalue weighted by Crippen LogP contribution is -2.34. The summed E-state index contributed by atoms with van der Waals surface area (Å²) < 4.78 is 16.9. The van der Waals surface area contributed by atoms with Gasteiger partial charge in [-0.2, -0.15) is 0 Å². The maximum atomic E-state index is 10.4. The fourth-order valence-electron chi connectivity index (χ4n) is 4.15. The van der Waals surface area contributed by atoms with Crippen LogP contribution in [-0.2, 0) is 11.3 Å². The minimum absolute atomic E-state index is 0.306. The molecule has 2 aliphatic heterocycles. The third kappa shape index (κ3) is 6.62. The van der Waals surface area contributed by atoms with E-state index in [1.165, 1.54) is 12.8 Å². The summed E-state index contributed by atoms with van der Waals surface area (Å²) in [6, 6.07) is 5.98. The Bertz CT molecular complexity index is 586. The predicted molar refractivity (Wildman–Crippen MR) is 110 cm³/mol. The van der Waals surface area contributed by atoms with Gasteiger partial charge in [0.2, 0.25) is 0 Å². The first-order chi connectivity index (χ1) is 13.6. The summed E-state index contributed by atoms with van der Waals surface area (Å²) in [4.78, 5) is 4.66. The molecule has 6 heteroatoms. The maximum absolute atomic E-state index is 10.4. The molecule has 0 bridgehead atoms. The van der Waals surface area contributed by atoms with Crippen molar-refractivity contribution in [2.45, 2.75) is 38.3 Å². The van der Waals surface area contributed by atoms with Gasteiger partial charge in [0.15, 0.2) is 0 Å². The standard InChI is InChI=1S/C22H36N2O4/c1-23(14-18-7-11-27-12-8-18)15-19-5-6-21(26-2)13-22(19)28-17-20(25)16-24-9-3-4-10-24/h5-6,13,18,20,25H,3-4,7-12,14-17H2,1-2H3/t20-/m1/s1. The molecule has 0 aromatic heterocycles. The molecule has 0 unspecified atom stereocenters. The zero-order chi connectivity index (χ0) is 19.8. The molecule has 6 nitrogen and oxygen atoms in total. The Hall–Kier alpha value is -1.34. The number of aliphatic hydroxyl groups is 1. The Morgan fingerprint density at radius 2 is 2.00 bits per heavy atom. The van der Waals surface area contributed by atoms with Crippen molar-refractivity contribution in [3.63, 3.8) is 0 Å². The van der Waals surface area contributed by atoms with Crippen molar-refractivity contribution in [2.24, 2.45) is 5.92 Å². The van der Waals surface area contributed by atoms with Gasteiger partial charge in [0, 0.05) is 44.5 Å². The molecule has 0 saturated carbocycles. The fraction of sp³-hybridized carbons (Fsp3) is 0.727. The first-order valence-corrected chi connectivity index (χ1v) is 10.6. The highest BCUT2D eigenvalue weighted by atomic mass is 16.5. The van der Waals surface area contributed by atoms with Crippen molar-refractivity contribution >= 4 is 0 Å². The normalized spacial score (nSPS) is 19.9. The van der Waals surface area contributed by atoms with E-state index in [9.17, 15) is 5.11 Å². The molecule has 158 valence electrons. The lowest BCUT2D eigenvalue weighted by Gasteiger charge is -2.27. The quantitative estimate of drug-likeness (QED) is 0.660. The van der Waals surface area contributed by atoms with Gasteiger partial charge in [0.05, 0.1) is 7.11 Å². The summed E-state index contributed by atoms with van der Waals surface area (Å²) in [6.07, 6.45) is 4.26. The van der Waals surface area contributed by atoms with Gasteiger partial charge in [-0.15, -0.1) is 0 Å². The number of benzene rings is 1. The molecule has 28 heavy (non-hydrogen) atoms. The second-order valence-electron chi connectivity index (χ2n) is 8.20. The van der Waals surface area contributed by atoms with Gasteiger partial charge < -0.3 is 29.1 Å². The van der Waals surface area contributed by atoms with E-state index in [1.54, 1.807) is 7.11 Å². The lowest BCUT2D eigenvalue weighted by atomic mass is 9.99. The molecule has 0 spiro atoms. The molecular formula is C22H36N2O4. The van der Waals surface area contributed by atoms with Gasteiger partial charge in [-0.3, -0.25) is 0 Å². The molecule has 1 aromatic rings. The number of hydrogen-bond donors (Lipinski definition) is 1. The van der Waals surface area contributed by atoms with Crippen LogP contribution in [0.1, 0.15) is 31.2 Å². The Labute approximate surface area is 169 Å². The van der Waals surface area contributed by atoms with Crippen molar-refractivity contribution in [3.05, 3.63) is 23.8 Å². The zero-order valence-corrected chi connectivity index (χ0v) is 17.4. The molecule has 1 atom stereocenters. The summed E-state index contributed by atoms with van der Waals surface area (Å²) in [6.45, 7) is 6.79. The number of ether oxygens (including phenoxy) is 3. The molecule has 3 rings (SSSR count). The van der Waals surface area contributed by atoms with E-state index in [4.69, 9.17) is 14.2 Å². The molecule has 0 amide bonds. The topological polar surface area (TPSA) is 54.4 Å². The molecule has 0 aliphatic carbocycles. The van der Waals surface area contributed by atoms with Crippen LogP contribution in [0.15, 0.2) is 18.2 Å². The van der Waals surface area contributed by atoms with Crippen LogP contribution in [-0.4, -0.2) is 81.2 Å². The first kappa shape index (κ1) is 21.4. The molecular weight excluding hydrogens is 356 g/mol. The van der Waals surface area contributed by atoms with Gasteiger partial charge in [0.1, 0.15) is 24.2 Å². The third-order valence-electron chi connectivity index (χ3n) is 5.72. The summed E-state index contributed by atoms with van der Waals surface area (Å²) >= 11 is 0. The highest BCUT2D eigenvalue weighted by molar-refractivity contribution is 5.40. The van der Waals surface area contributed by atoms with E-state index in [2.05, 4.69) is 22.9 Å². The van der Waals surface area contributed by atoms with E-state index in [-0.39, 0.29) is 0 Å². The number of nitrogens with zero attached hydrogens (tertiary/aromatic N) is 2. The van der Waals surface area contributed by atoms with Crippen LogP contribution in [0.25, 0.3) is 0 Å². The van der Waals surface area contributed by atoms with E-state index >= 15 is 0 Å². The molecule has 1 aromatic carbocycles. The largest absolute Gasteiger partial charge is 0.497 e. The molecule has 0 radical (unpaired) electrons. The van der Waals surface area contributed by atoms with Crippen LogP contribution in [0.5, 0.6) is 11.5 Å². The summed E-state index contributed by atoms with van der Waals surface area (Å²) in [5, 5.41) is 10.4. The molecule has 2 saturated heterocycles. The van der Waals surface area contributed by atoms with Crippen LogP contribution < -0.4 is 9.47 Å². The second kappa shape index (κ2) is 11.0. The average molecular weight is 393 g/mol. The van der Waals surface area contributed by atoms with Crippen molar-refractivity contribution in [2.75, 3.05) is 60.2 Å². The van der Waals surface area contributed by atoms with Gasteiger partial charge in [-0.05, 0) is 57.8 Å². The van der Waals surface area contributed by atoms with E-state index in [0.29, 0.717) is 19.1 Å². The fourth-order valence-corrected chi connectivity index (χ4v) is 4.15. The highest BCUT2D eigenvalue weighted by Gasteiger charge is 2.19. The number of hydrogen-bond acceptors (Lipinski definition) is 6. The smallest absolute Gasteiger partial charge is 0.127 e. The van der Waals surface area contributed by atoms with Crippen LogP contribution in [0.2, 0.25) is 0 Å². The molecule has 2 aliphatic rings. The molecule has 2 fully saturated rings. The van der Waals surface area contributed by atoms with E-state index in [1.807, 2.05) is 12.1 Å². The van der Waals surface area contributed by atoms with Crippen molar-refractivity contribution in [1.82, 2.24) is 9.80 Å². The Kier molecular flexibility index (Phi) is 8.40. The highest BCUT2D eigenvalue weighted by Crippen LogP contribution is 2.27. The van der Waals surface area contributed by atoms with Gasteiger partial charge in [-0.1, -0.05) is 6.07 Å². The maximum Gasteiger partial charge on any atom is 0.127 e. The van der Waals surface area contributed by atoms with Gasteiger partial charge in [0.25, 0.3) is 0 Å². The van der Waals surface area contributed by atoms with E-state index < -0.39 is 6.10 Å². The number of methoxy groups -OCH3 is 1. The molecule has 1 N–H and O–H groups in total. The van der Waals surface area contributed by atoms with Gasteiger partial charge in [-0.25, -0.2) is 0 Å². The Morgan fingerprint density at radius 1 is 1.25 bits per heavy atom. The SMILES string of the molecule is COc1ccc(CN(C)CC2CCOCC2)c(OC[C@H](O)CN2CCCC2)c1. The van der Waals surface area contributed by atoms with Crippen LogP contribution in [0.4, 0.5) is 0 Å². The summed E-state index contributed by atoms with van der Waals surface area (Å²) in [5.41, 5.74) is 1.13. The van der Waals surface area contributed by atoms with E-state index in [0.717, 1.165) is 69.3 Å². The monoisotopic (exact) mass is 392 g/mol. The van der Waals surface area contributed by atoms with Crippen LogP contribution in [0.3, 0.4) is 0 Å². The predicted octanol–water partition coefficient (Wildman–Crippen LogP) is 2.39. The minimum atomic E-state index is -0.475. The first-order valence-electron chi connectivity index (χ1n) is 10.6. The lowest BCUT2D eigenvalue weighted by molar-refractivity contribution is 0.0546. The van der Waals surface area contributed by atoms with Crippen molar-refractivity contribution < 1.29 is 19.3 Å². The van der Waals surface area contributed by atoms with Crippen molar-refractivity contribution in [3.8, 4) is 11.5 Å². The third-order valence-corrected chi connectivity index (χ3v) is 5.72. The van der Waals surface area contributed by atoms with Crippen LogP contribution in [0, 0.1) is 5.92 Å². The molecule has 2 heterocycles. The minimum Gasteiger partial charge on any atom is -0.497 e. The number of likely N-dealkylation sites (tertiary alicyclic amines) is 1. The number of β-amino-alcohol motifs (C(OH)–C–C–N with tert-alkyl or cyclic N) is 1. The van der Waals surface area contributed by atoms with Crippen molar-refractivity contribution in [1.29, 1.82) is 0 Å². The Balaban J connectivity index is 1.55. The zero-order valence-electron chi connectivity index (χ0n) is 17.4. The average Bonchev–Trinajstić information content (AvgIpc) is 3.21. The summed E-state index contributed by atoms with van der Waals surface area (Å²) in [7, 11) is 3.82. The Morgan fingerprint density at radius 3 is 2.71 bits per heavy atom. The number of aliphatic hydroxyl groups excluding tert-OH is 1. The number of rotatable bonds is 10.